The molecular formula is C24H20Cl2N2O. The molecule has 4 rings (SSSR count). The maximum Gasteiger partial charge on any atom is 0.145 e. The van der Waals surface area contributed by atoms with Gasteiger partial charge in [0.1, 0.15) is 11.3 Å². The monoisotopic (exact) mass is 422 g/mol. The third kappa shape index (κ3) is 4.21. The van der Waals surface area contributed by atoms with Crippen LogP contribution in [0.2, 0.25) is 10.0 Å². The number of aromatic nitrogens is 2. The Balaban J connectivity index is 1.90. The van der Waals surface area contributed by atoms with Crippen molar-refractivity contribution in [2.75, 3.05) is 0 Å². The molecule has 0 saturated heterocycles. The fraction of sp³-hybridized carbons (Fsp3) is 0.167. The number of aryl methyl sites for hydroxylation is 2. The Kier molecular flexibility index (Phi) is 5.44. The molecule has 1 N–H and O–H groups in total. The summed E-state index contributed by atoms with van der Waals surface area (Å²) in [6.07, 6.45) is 2.40. The fourth-order valence-corrected chi connectivity index (χ4v) is 4.21. The van der Waals surface area contributed by atoms with E-state index in [4.69, 9.17) is 23.2 Å². The van der Waals surface area contributed by atoms with E-state index < -0.39 is 0 Å². The number of benzene rings is 2. The van der Waals surface area contributed by atoms with Gasteiger partial charge in [-0.2, -0.15) is 0 Å². The summed E-state index contributed by atoms with van der Waals surface area (Å²) in [6.45, 7) is 3.95. The zero-order valence-electron chi connectivity index (χ0n) is 16.2. The Bertz CT molecular complexity index is 1190. The number of halogens is 2. The van der Waals surface area contributed by atoms with Gasteiger partial charge in [0, 0.05) is 50.9 Å². The van der Waals surface area contributed by atoms with E-state index >= 15 is 0 Å². The average Bonchev–Trinajstić information content (AvgIpc) is 2.66. The minimum absolute atomic E-state index is 0.174. The van der Waals surface area contributed by atoms with Gasteiger partial charge in [0.05, 0.1) is 0 Å². The summed E-state index contributed by atoms with van der Waals surface area (Å²) in [4.78, 5) is 9.07. The molecule has 1 atom stereocenters. The molecule has 2 heterocycles. The molecule has 5 heteroatoms. The largest absolute Gasteiger partial charge is 0.505 e. The van der Waals surface area contributed by atoms with Crippen molar-refractivity contribution in [1.29, 1.82) is 0 Å². The van der Waals surface area contributed by atoms with Crippen LogP contribution in [0, 0.1) is 13.8 Å². The predicted molar refractivity (Wildman–Crippen MR) is 119 cm³/mol. The first-order chi connectivity index (χ1) is 13.9. The highest BCUT2D eigenvalue weighted by molar-refractivity contribution is 6.34. The van der Waals surface area contributed by atoms with Gasteiger partial charge in [-0.15, -0.1) is 0 Å². The molecule has 0 aliphatic rings. The van der Waals surface area contributed by atoms with E-state index in [0.29, 0.717) is 22.0 Å². The van der Waals surface area contributed by atoms with Crippen LogP contribution < -0.4 is 0 Å². The van der Waals surface area contributed by atoms with Crippen molar-refractivity contribution < 1.29 is 5.11 Å². The van der Waals surface area contributed by atoms with Crippen molar-refractivity contribution in [2.45, 2.75) is 26.2 Å². The standard InChI is InChI=1S/C24H20Cl2N2O/c1-14-7-8-27-20(9-14)13-22(17-10-18(25)12-19(26)11-17)21-6-5-16-4-3-15(2)28-23(16)24(21)29/h3-12,22,29H,13H2,1-2H3. The van der Waals surface area contributed by atoms with Crippen molar-refractivity contribution in [2.24, 2.45) is 0 Å². The molecule has 0 aliphatic carbocycles. The highest BCUT2D eigenvalue weighted by Gasteiger charge is 2.22. The molecule has 0 saturated carbocycles. The van der Waals surface area contributed by atoms with Crippen LogP contribution in [0.5, 0.6) is 5.75 Å². The number of rotatable bonds is 4. The van der Waals surface area contributed by atoms with E-state index in [1.165, 1.54) is 0 Å². The number of nitrogens with zero attached hydrogens (tertiary/aromatic N) is 2. The minimum Gasteiger partial charge on any atom is -0.505 e. The first-order valence-corrected chi connectivity index (χ1v) is 10.1. The second-order valence-corrected chi connectivity index (χ2v) is 8.18. The molecule has 0 amide bonds. The Morgan fingerprint density at radius 3 is 2.38 bits per heavy atom. The Morgan fingerprint density at radius 2 is 1.66 bits per heavy atom. The molecule has 3 nitrogen and oxygen atoms in total. The second-order valence-electron chi connectivity index (χ2n) is 7.31. The van der Waals surface area contributed by atoms with Crippen LogP contribution in [-0.4, -0.2) is 15.1 Å². The van der Waals surface area contributed by atoms with E-state index in [1.54, 1.807) is 12.3 Å². The van der Waals surface area contributed by atoms with Gasteiger partial charge in [-0.3, -0.25) is 4.98 Å². The van der Waals surface area contributed by atoms with Gasteiger partial charge in [0.25, 0.3) is 0 Å². The first kappa shape index (κ1) is 19.7. The highest BCUT2D eigenvalue weighted by Crippen LogP contribution is 2.39. The van der Waals surface area contributed by atoms with Gasteiger partial charge >= 0.3 is 0 Å². The van der Waals surface area contributed by atoms with Crippen molar-refractivity contribution in [3.8, 4) is 5.75 Å². The van der Waals surface area contributed by atoms with Crippen molar-refractivity contribution in [3.63, 3.8) is 0 Å². The van der Waals surface area contributed by atoms with E-state index in [-0.39, 0.29) is 11.7 Å². The summed E-state index contributed by atoms with van der Waals surface area (Å²) >= 11 is 12.6. The van der Waals surface area contributed by atoms with Crippen LogP contribution in [0.25, 0.3) is 10.9 Å². The van der Waals surface area contributed by atoms with E-state index in [0.717, 1.165) is 33.5 Å². The Morgan fingerprint density at radius 1 is 0.931 bits per heavy atom. The quantitative estimate of drug-likeness (QED) is 0.401. The van der Waals surface area contributed by atoms with E-state index in [2.05, 4.69) is 16.0 Å². The molecule has 2 aromatic heterocycles. The van der Waals surface area contributed by atoms with E-state index in [9.17, 15) is 5.11 Å². The molecule has 0 radical (unpaired) electrons. The van der Waals surface area contributed by atoms with Crippen LogP contribution in [0.4, 0.5) is 0 Å². The van der Waals surface area contributed by atoms with Crippen molar-refractivity contribution in [3.05, 3.63) is 98.9 Å². The van der Waals surface area contributed by atoms with Crippen LogP contribution in [0.3, 0.4) is 0 Å². The number of fused-ring (bicyclic) bond motifs is 1. The second kappa shape index (κ2) is 8.02. The molecule has 0 bridgehead atoms. The maximum absolute atomic E-state index is 11.1. The van der Waals surface area contributed by atoms with Crippen LogP contribution in [0.1, 0.15) is 34.0 Å². The van der Waals surface area contributed by atoms with Gasteiger partial charge < -0.3 is 5.11 Å². The minimum atomic E-state index is -0.174. The molecular weight excluding hydrogens is 403 g/mol. The average molecular weight is 423 g/mol. The number of aromatic hydroxyl groups is 1. The number of hydrogen-bond acceptors (Lipinski definition) is 3. The lowest BCUT2D eigenvalue weighted by molar-refractivity contribution is 0.469. The number of phenols is 1. The number of hydrogen-bond donors (Lipinski definition) is 1. The maximum atomic E-state index is 11.1. The Labute approximate surface area is 180 Å². The summed E-state index contributed by atoms with van der Waals surface area (Å²) in [6, 6.07) is 17.3. The third-order valence-corrected chi connectivity index (χ3v) is 5.49. The van der Waals surface area contributed by atoms with Crippen LogP contribution in [-0.2, 0) is 6.42 Å². The Hall–Kier alpha value is -2.62. The lowest BCUT2D eigenvalue weighted by atomic mass is 9.86. The molecule has 4 aromatic rings. The SMILES string of the molecule is Cc1ccnc(CC(c2cc(Cl)cc(Cl)c2)c2ccc3ccc(C)nc3c2O)c1. The van der Waals surface area contributed by atoms with Gasteiger partial charge in [-0.1, -0.05) is 41.4 Å². The summed E-state index contributed by atoms with van der Waals surface area (Å²) < 4.78 is 0. The third-order valence-electron chi connectivity index (χ3n) is 5.05. The lowest BCUT2D eigenvalue weighted by Gasteiger charge is -2.21. The summed E-state index contributed by atoms with van der Waals surface area (Å²) in [5.41, 5.74) is 5.22. The highest BCUT2D eigenvalue weighted by atomic mass is 35.5. The van der Waals surface area contributed by atoms with Crippen LogP contribution in [0.15, 0.2) is 60.8 Å². The molecule has 0 spiro atoms. The zero-order chi connectivity index (χ0) is 20.5. The fourth-order valence-electron chi connectivity index (χ4n) is 3.67. The van der Waals surface area contributed by atoms with Crippen molar-refractivity contribution >= 4 is 34.1 Å². The zero-order valence-corrected chi connectivity index (χ0v) is 17.7. The molecule has 146 valence electrons. The van der Waals surface area contributed by atoms with E-state index in [1.807, 2.05) is 56.3 Å². The van der Waals surface area contributed by atoms with Gasteiger partial charge in [0.15, 0.2) is 0 Å². The number of pyridine rings is 2. The normalized spacial score (nSPS) is 12.3. The molecule has 2 aromatic carbocycles. The molecule has 0 fully saturated rings. The topological polar surface area (TPSA) is 46.0 Å². The summed E-state index contributed by atoms with van der Waals surface area (Å²) in [7, 11) is 0. The van der Waals surface area contributed by atoms with Crippen LogP contribution >= 0.6 is 23.2 Å². The van der Waals surface area contributed by atoms with Gasteiger partial charge in [-0.25, -0.2) is 4.98 Å². The summed E-state index contributed by atoms with van der Waals surface area (Å²) in [5.74, 6) is 0.00663. The molecule has 1 unspecified atom stereocenters. The smallest absolute Gasteiger partial charge is 0.145 e. The predicted octanol–water partition coefficient (Wildman–Crippen LogP) is 6.63. The lowest BCUT2D eigenvalue weighted by Crippen LogP contribution is -2.08. The summed E-state index contributed by atoms with van der Waals surface area (Å²) in [5, 5.41) is 13.1. The first-order valence-electron chi connectivity index (χ1n) is 9.37. The molecule has 29 heavy (non-hydrogen) atoms. The number of phenolic OH excluding ortho intramolecular Hbond substituents is 1. The molecule has 0 aliphatic heterocycles. The van der Waals surface area contributed by atoms with Gasteiger partial charge in [-0.05, 0) is 61.4 Å². The van der Waals surface area contributed by atoms with Gasteiger partial charge in [0.2, 0.25) is 0 Å². The van der Waals surface area contributed by atoms with Crippen molar-refractivity contribution in [1.82, 2.24) is 9.97 Å².